The number of aryl methyl sites for hydroxylation is 2. The number of aromatic nitrogens is 1. The molecular weight excluding hydrogens is 202 g/mol. The van der Waals surface area contributed by atoms with Gasteiger partial charge in [-0.3, -0.25) is 4.79 Å². The van der Waals surface area contributed by atoms with E-state index in [1.165, 1.54) is 11.4 Å². The molecule has 0 unspecified atom stereocenters. The maximum absolute atomic E-state index is 10.9. The Kier molecular flexibility index (Phi) is 3.03. The van der Waals surface area contributed by atoms with E-state index in [4.69, 9.17) is 5.11 Å². The molecule has 0 spiro atoms. The van der Waals surface area contributed by atoms with Crippen LogP contribution < -0.4 is 0 Å². The lowest BCUT2D eigenvalue weighted by Crippen LogP contribution is -2.24. The molecule has 16 heavy (non-hydrogen) atoms. The molecule has 1 aliphatic carbocycles. The van der Waals surface area contributed by atoms with Crippen LogP contribution in [0.2, 0.25) is 0 Å². The number of rotatable bonds is 2. The molecule has 3 nitrogen and oxygen atoms in total. The van der Waals surface area contributed by atoms with Gasteiger partial charge in [0.25, 0.3) is 0 Å². The lowest BCUT2D eigenvalue weighted by atomic mass is 9.86. The number of carboxylic acid groups (broad SMARTS) is 1. The Morgan fingerprint density at radius 2 is 1.69 bits per heavy atom. The van der Waals surface area contributed by atoms with Crippen molar-refractivity contribution in [2.45, 2.75) is 45.6 Å². The van der Waals surface area contributed by atoms with E-state index in [-0.39, 0.29) is 5.92 Å². The Bertz CT molecular complexity index is 367. The molecule has 0 saturated heterocycles. The second-order valence-corrected chi connectivity index (χ2v) is 4.83. The predicted octanol–water partition coefficient (Wildman–Crippen LogP) is 2.92. The van der Waals surface area contributed by atoms with Crippen LogP contribution in [0.1, 0.15) is 43.1 Å². The van der Waals surface area contributed by atoms with Crippen LogP contribution in [0.4, 0.5) is 0 Å². The Balaban J connectivity index is 2.07. The summed E-state index contributed by atoms with van der Waals surface area (Å²) in [5, 5.41) is 8.96. The maximum atomic E-state index is 10.9. The van der Waals surface area contributed by atoms with E-state index in [0.29, 0.717) is 6.04 Å². The Morgan fingerprint density at radius 1 is 1.19 bits per heavy atom. The van der Waals surface area contributed by atoms with Crippen molar-refractivity contribution < 1.29 is 9.90 Å². The highest BCUT2D eigenvalue weighted by molar-refractivity contribution is 5.70. The molecule has 0 aliphatic heterocycles. The molecular formula is C13H19NO2. The van der Waals surface area contributed by atoms with Gasteiger partial charge in [-0.15, -0.1) is 0 Å². The largest absolute Gasteiger partial charge is 0.481 e. The first-order chi connectivity index (χ1) is 7.59. The summed E-state index contributed by atoms with van der Waals surface area (Å²) in [7, 11) is 0. The first-order valence-corrected chi connectivity index (χ1v) is 5.97. The molecule has 0 bridgehead atoms. The van der Waals surface area contributed by atoms with Gasteiger partial charge in [-0.05, 0) is 51.7 Å². The van der Waals surface area contributed by atoms with Gasteiger partial charge in [0.15, 0.2) is 0 Å². The number of hydrogen-bond acceptors (Lipinski definition) is 1. The van der Waals surface area contributed by atoms with Crippen molar-refractivity contribution in [3.63, 3.8) is 0 Å². The molecule has 88 valence electrons. The fourth-order valence-electron chi connectivity index (χ4n) is 2.84. The molecule has 0 atom stereocenters. The van der Waals surface area contributed by atoms with Crippen LogP contribution >= 0.6 is 0 Å². The van der Waals surface area contributed by atoms with Gasteiger partial charge >= 0.3 is 5.97 Å². The summed E-state index contributed by atoms with van der Waals surface area (Å²) in [5.41, 5.74) is 2.58. The fourth-order valence-corrected chi connectivity index (χ4v) is 2.84. The van der Waals surface area contributed by atoms with Crippen LogP contribution in [-0.2, 0) is 4.79 Å². The second-order valence-electron chi connectivity index (χ2n) is 4.83. The third-order valence-electron chi connectivity index (χ3n) is 3.74. The van der Waals surface area contributed by atoms with Crippen LogP contribution in [0.15, 0.2) is 12.1 Å². The van der Waals surface area contributed by atoms with Crippen molar-refractivity contribution in [3.05, 3.63) is 23.5 Å². The predicted molar refractivity (Wildman–Crippen MR) is 62.5 cm³/mol. The summed E-state index contributed by atoms with van der Waals surface area (Å²) < 4.78 is 2.36. The number of nitrogens with zero attached hydrogens (tertiary/aromatic N) is 1. The van der Waals surface area contributed by atoms with E-state index >= 15 is 0 Å². The topological polar surface area (TPSA) is 42.2 Å². The maximum Gasteiger partial charge on any atom is 0.306 e. The van der Waals surface area contributed by atoms with Crippen molar-refractivity contribution in [2.75, 3.05) is 0 Å². The van der Waals surface area contributed by atoms with Gasteiger partial charge in [-0.25, -0.2) is 0 Å². The second kappa shape index (κ2) is 4.32. The van der Waals surface area contributed by atoms with Crippen LogP contribution in [0.25, 0.3) is 0 Å². The van der Waals surface area contributed by atoms with E-state index in [9.17, 15) is 4.79 Å². The highest BCUT2D eigenvalue weighted by Gasteiger charge is 2.27. The van der Waals surface area contributed by atoms with Crippen molar-refractivity contribution in [1.82, 2.24) is 4.57 Å². The summed E-state index contributed by atoms with van der Waals surface area (Å²) in [5.74, 6) is -0.744. The van der Waals surface area contributed by atoms with Crippen molar-refractivity contribution in [1.29, 1.82) is 0 Å². The van der Waals surface area contributed by atoms with Crippen LogP contribution in [0.3, 0.4) is 0 Å². The molecule has 2 rings (SSSR count). The summed E-state index contributed by atoms with van der Waals surface area (Å²) in [4.78, 5) is 10.9. The Hall–Kier alpha value is -1.25. The average molecular weight is 221 g/mol. The Labute approximate surface area is 96.1 Å². The first kappa shape index (κ1) is 11.2. The molecule has 1 fully saturated rings. The van der Waals surface area contributed by atoms with Gasteiger partial charge in [0, 0.05) is 17.4 Å². The van der Waals surface area contributed by atoms with E-state index in [0.717, 1.165) is 25.7 Å². The minimum Gasteiger partial charge on any atom is -0.481 e. The van der Waals surface area contributed by atoms with E-state index < -0.39 is 5.97 Å². The number of hydrogen-bond donors (Lipinski definition) is 1. The molecule has 1 aliphatic rings. The summed E-state index contributed by atoms with van der Waals surface area (Å²) in [6.45, 7) is 4.24. The fraction of sp³-hybridized carbons (Fsp3) is 0.615. The van der Waals surface area contributed by atoms with Crippen molar-refractivity contribution in [2.24, 2.45) is 5.92 Å². The molecule has 1 N–H and O–H groups in total. The molecule has 1 aromatic rings. The van der Waals surface area contributed by atoms with E-state index in [1.54, 1.807) is 0 Å². The first-order valence-electron chi connectivity index (χ1n) is 5.97. The summed E-state index contributed by atoms with van der Waals surface area (Å²) >= 11 is 0. The lowest BCUT2D eigenvalue weighted by Gasteiger charge is -2.29. The summed E-state index contributed by atoms with van der Waals surface area (Å²) in [6, 6.07) is 4.78. The SMILES string of the molecule is Cc1ccc(C)n1[C@H]1CC[C@H](C(=O)O)CC1. The number of aliphatic carboxylic acids is 1. The van der Waals surface area contributed by atoms with Gasteiger partial charge in [0.1, 0.15) is 0 Å². The molecule has 1 heterocycles. The van der Waals surface area contributed by atoms with Gasteiger partial charge in [0.05, 0.1) is 5.92 Å². The van der Waals surface area contributed by atoms with Gasteiger partial charge in [-0.1, -0.05) is 0 Å². The molecule has 0 amide bonds. The highest BCUT2D eigenvalue weighted by Crippen LogP contribution is 2.34. The standard InChI is InChI=1S/C13H19NO2/c1-9-3-4-10(2)14(9)12-7-5-11(6-8-12)13(15)16/h3-4,11-12H,5-8H2,1-2H3,(H,15,16)/t11-,12-. The Morgan fingerprint density at radius 3 is 2.12 bits per heavy atom. The van der Waals surface area contributed by atoms with Crippen LogP contribution in [-0.4, -0.2) is 15.6 Å². The zero-order valence-electron chi connectivity index (χ0n) is 9.94. The van der Waals surface area contributed by atoms with Crippen LogP contribution in [0.5, 0.6) is 0 Å². The zero-order chi connectivity index (χ0) is 11.7. The third kappa shape index (κ3) is 1.99. The lowest BCUT2D eigenvalue weighted by molar-refractivity contribution is -0.143. The molecule has 1 aromatic heterocycles. The number of carbonyl (C=O) groups is 1. The minimum absolute atomic E-state index is 0.118. The van der Waals surface area contributed by atoms with Crippen LogP contribution in [0, 0.1) is 19.8 Å². The van der Waals surface area contributed by atoms with Gasteiger partial charge in [0.2, 0.25) is 0 Å². The van der Waals surface area contributed by atoms with Crippen molar-refractivity contribution >= 4 is 5.97 Å². The third-order valence-corrected chi connectivity index (χ3v) is 3.74. The normalized spacial score (nSPS) is 25.6. The molecule has 1 saturated carbocycles. The van der Waals surface area contributed by atoms with Gasteiger partial charge in [-0.2, -0.15) is 0 Å². The van der Waals surface area contributed by atoms with Gasteiger partial charge < -0.3 is 9.67 Å². The zero-order valence-corrected chi connectivity index (χ0v) is 9.94. The summed E-state index contributed by atoms with van der Waals surface area (Å²) in [6.07, 6.45) is 3.62. The van der Waals surface area contributed by atoms with E-state index in [1.807, 2.05) is 0 Å². The molecule has 3 heteroatoms. The quantitative estimate of drug-likeness (QED) is 0.834. The minimum atomic E-state index is -0.626. The molecule has 0 radical (unpaired) electrons. The van der Waals surface area contributed by atoms with Crippen molar-refractivity contribution in [3.8, 4) is 0 Å². The average Bonchev–Trinajstić information content (AvgIpc) is 2.59. The highest BCUT2D eigenvalue weighted by atomic mass is 16.4. The molecule has 0 aromatic carbocycles. The number of carboxylic acids is 1. The van der Waals surface area contributed by atoms with E-state index in [2.05, 4.69) is 30.5 Å². The smallest absolute Gasteiger partial charge is 0.306 e. The monoisotopic (exact) mass is 221 g/mol.